The Bertz CT molecular complexity index is 1040. The number of morpholine rings is 1. The second kappa shape index (κ2) is 9.77. The summed E-state index contributed by atoms with van der Waals surface area (Å²) < 4.78 is 90.8. The number of nitrogens with zero attached hydrogens (tertiary/aromatic N) is 2. The van der Waals surface area contributed by atoms with Gasteiger partial charge in [0.25, 0.3) is 0 Å². The van der Waals surface area contributed by atoms with E-state index in [0.717, 1.165) is 11.3 Å². The lowest BCUT2D eigenvalue weighted by Crippen LogP contribution is -2.46. The predicted octanol–water partition coefficient (Wildman–Crippen LogP) is 5.56. The third-order valence-corrected chi connectivity index (χ3v) is 5.44. The number of halogens is 6. The molecule has 4 rings (SSSR count). The number of aromatic nitrogens is 2. The zero-order valence-electron chi connectivity index (χ0n) is 17.7. The third kappa shape index (κ3) is 5.78. The molecule has 1 aliphatic rings. The fourth-order valence-electron chi connectivity index (χ4n) is 3.89. The molecule has 34 heavy (non-hydrogen) atoms. The van der Waals surface area contributed by atoms with E-state index in [1.54, 1.807) is 12.5 Å². The van der Waals surface area contributed by atoms with Crippen LogP contribution >= 0.6 is 0 Å². The van der Waals surface area contributed by atoms with Gasteiger partial charge in [-0.1, -0.05) is 30.3 Å². The van der Waals surface area contributed by atoms with Crippen molar-refractivity contribution >= 4 is 0 Å². The minimum Gasteiger partial charge on any atom is -0.349 e. The number of aromatic amines is 1. The lowest BCUT2D eigenvalue weighted by Gasteiger charge is -2.41. The van der Waals surface area contributed by atoms with Crippen LogP contribution in [0.3, 0.4) is 0 Å². The first-order valence-electron chi connectivity index (χ1n) is 10.4. The van der Waals surface area contributed by atoms with E-state index in [2.05, 4.69) is 14.9 Å². The molecule has 1 N–H and O–H groups in total. The fraction of sp³-hybridized carbons (Fsp3) is 0.348. The van der Waals surface area contributed by atoms with Crippen molar-refractivity contribution < 1.29 is 35.8 Å². The Morgan fingerprint density at radius 1 is 1.00 bits per heavy atom. The lowest BCUT2D eigenvalue weighted by atomic mass is 10.0. The van der Waals surface area contributed by atoms with E-state index >= 15 is 0 Å². The van der Waals surface area contributed by atoms with Crippen molar-refractivity contribution in [2.75, 3.05) is 13.2 Å². The van der Waals surface area contributed by atoms with Crippen molar-refractivity contribution in [1.82, 2.24) is 14.9 Å². The number of imidazole rings is 1. The fourth-order valence-corrected chi connectivity index (χ4v) is 3.89. The highest BCUT2D eigenvalue weighted by Crippen LogP contribution is 2.37. The molecule has 2 heterocycles. The van der Waals surface area contributed by atoms with Gasteiger partial charge in [0, 0.05) is 25.0 Å². The number of nitrogens with one attached hydrogen (secondary N) is 1. The first kappa shape index (κ1) is 24.2. The number of rotatable bonds is 6. The zero-order valence-corrected chi connectivity index (χ0v) is 17.7. The standard InChI is InChI=1S/C23H21F6N3O2/c24-22(25,26)17-8-15(9-18(10-17)23(27,28)29)13-34-21-20(16-4-2-1-3-5-16)32(6-7-33-21)12-19-11-30-14-31-19/h1-5,8-11,14,20-21H,6-7,12-13H2,(H,30,31)/t20-,21-/m1/s1. The molecule has 0 radical (unpaired) electrons. The van der Waals surface area contributed by atoms with Gasteiger partial charge in [-0.3, -0.25) is 4.90 Å². The molecule has 0 bridgehead atoms. The molecule has 1 fully saturated rings. The largest absolute Gasteiger partial charge is 0.416 e. The molecule has 2 atom stereocenters. The average molecular weight is 485 g/mol. The summed E-state index contributed by atoms with van der Waals surface area (Å²) >= 11 is 0. The van der Waals surface area contributed by atoms with Gasteiger partial charge in [0.05, 0.1) is 36.7 Å². The van der Waals surface area contributed by atoms with E-state index in [-0.39, 0.29) is 18.2 Å². The van der Waals surface area contributed by atoms with Crippen LogP contribution in [0.1, 0.15) is 34.0 Å². The highest BCUT2D eigenvalue weighted by molar-refractivity contribution is 5.33. The molecule has 1 saturated heterocycles. The first-order valence-corrected chi connectivity index (χ1v) is 10.4. The molecule has 0 saturated carbocycles. The molecule has 0 amide bonds. The van der Waals surface area contributed by atoms with Crippen LogP contribution in [-0.2, 0) is 35.0 Å². The van der Waals surface area contributed by atoms with Gasteiger partial charge in [0.1, 0.15) is 0 Å². The maximum Gasteiger partial charge on any atom is 0.416 e. The summed E-state index contributed by atoms with van der Waals surface area (Å²) in [5.74, 6) is 0. The van der Waals surface area contributed by atoms with E-state index in [1.165, 1.54) is 0 Å². The Hall–Kier alpha value is -2.89. The Morgan fingerprint density at radius 2 is 1.68 bits per heavy atom. The van der Waals surface area contributed by atoms with Gasteiger partial charge in [0.15, 0.2) is 6.29 Å². The molecule has 5 nitrogen and oxygen atoms in total. The van der Waals surface area contributed by atoms with E-state index in [0.29, 0.717) is 25.2 Å². The van der Waals surface area contributed by atoms with Crippen molar-refractivity contribution in [2.24, 2.45) is 0 Å². The highest BCUT2D eigenvalue weighted by Gasteiger charge is 2.38. The van der Waals surface area contributed by atoms with E-state index < -0.39 is 42.4 Å². The van der Waals surface area contributed by atoms with Gasteiger partial charge in [-0.05, 0) is 29.3 Å². The maximum atomic E-state index is 13.2. The minimum atomic E-state index is -4.93. The van der Waals surface area contributed by atoms with Crippen LogP contribution in [0.15, 0.2) is 61.1 Å². The summed E-state index contributed by atoms with van der Waals surface area (Å²) in [5, 5.41) is 0. The Morgan fingerprint density at radius 3 is 2.26 bits per heavy atom. The summed E-state index contributed by atoms with van der Waals surface area (Å²) in [7, 11) is 0. The van der Waals surface area contributed by atoms with Gasteiger partial charge >= 0.3 is 12.4 Å². The van der Waals surface area contributed by atoms with E-state index in [9.17, 15) is 26.3 Å². The van der Waals surface area contributed by atoms with E-state index in [4.69, 9.17) is 9.47 Å². The van der Waals surface area contributed by atoms with Crippen LogP contribution in [0, 0.1) is 0 Å². The molecule has 11 heteroatoms. The highest BCUT2D eigenvalue weighted by atomic mass is 19.4. The molecule has 1 aliphatic heterocycles. The number of hydrogen-bond acceptors (Lipinski definition) is 4. The van der Waals surface area contributed by atoms with Crippen LogP contribution in [-0.4, -0.2) is 34.3 Å². The number of alkyl halides is 6. The zero-order chi connectivity index (χ0) is 24.3. The average Bonchev–Trinajstić information content (AvgIpc) is 3.30. The number of ether oxygens (including phenoxy) is 2. The van der Waals surface area contributed by atoms with Gasteiger partial charge in [-0.15, -0.1) is 0 Å². The van der Waals surface area contributed by atoms with Gasteiger partial charge in [-0.25, -0.2) is 4.98 Å². The molecule has 0 spiro atoms. The molecule has 182 valence electrons. The van der Waals surface area contributed by atoms with Gasteiger partial charge in [0.2, 0.25) is 0 Å². The number of H-pyrrole nitrogens is 1. The molecular weight excluding hydrogens is 464 g/mol. The van der Waals surface area contributed by atoms with Crippen molar-refractivity contribution in [1.29, 1.82) is 0 Å². The van der Waals surface area contributed by atoms with Crippen LogP contribution in [0.25, 0.3) is 0 Å². The van der Waals surface area contributed by atoms with E-state index in [1.807, 2.05) is 30.3 Å². The molecule has 1 aromatic heterocycles. The summed E-state index contributed by atoms with van der Waals surface area (Å²) in [6, 6.07) is 10.2. The summed E-state index contributed by atoms with van der Waals surface area (Å²) in [6.07, 6.45) is -7.54. The van der Waals surface area contributed by atoms with Crippen molar-refractivity contribution in [3.05, 3.63) is 89.0 Å². The van der Waals surface area contributed by atoms with Crippen LogP contribution in [0.5, 0.6) is 0 Å². The van der Waals surface area contributed by atoms with Crippen molar-refractivity contribution in [3.8, 4) is 0 Å². The topological polar surface area (TPSA) is 50.4 Å². The quantitative estimate of drug-likeness (QED) is 0.465. The summed E-state index contributed by atoms with van der Waals surface area (Å²) in [6.45, 7) is 0.808. The minimum absolute atomic E-state index is 0.0967. The SMILES string of the molecule is FC(F)(F)c1cc(CO[C@H]2OCCN(Cc3cnc[nH]3)[C@@H]2c2ccccc2)cc(C(F)(F)F)c1. The van der Waals surface area contributed by atoms with Crippen LogP contribution < -0.4 is 0 Å². The first-order chi connectivity index (χ1) is 16.1. The van der Waals surface area contributed by atoms with Gasteiger partial charge in [-0.2, -0.15) is 26.3 Å². The summed E-state index contributed by atoms with van der Waals surface area (Å²) in [4.78, 5) is 9.09. The second-order valence-corrected chi connectivity index (χ2v) is 7.87. The van der Waals surface area contributed by atoms with Crippen LogP contribution in [0.4, 0.5) is 26.3 Å². The lowest BCUT2D eigenvalue weighted by molar-refractivity contribution is -0.218. The number of benzene rings is 2. The molecule has 0 aliphatic carbocycles. The molecule has 2 aromatic carbocycles. The third-order valence-electron chi connectivity index (χ3n) is 5.44. The predicted molar refractivity (Wildman–Crippen MR) is 109 cm³/mol. The molecular formula is C23H21F6N3O2. The maximum absolute atomic E-state index is 13.2. The smallest absolute Gasteiger partial charge is 0.349 e. The van der Waals surface area contributed by atoms with Crippen molar-refractivity contribution in [3.63, 3.8) is 0 Å². The van der Waals surface area contributed by atoms with Crippen LogP contribution in [0.2, 0.25) is 0 Å². The Labute approximate surface area is 191 Å². The molecule has 0 unspecified atom stereocenters. The molecule has 3 aromatic rings. The van der Waals surface area contributed by atoms with Crippen molar-refractivity contribution in [2.45, 2.75) is 37.8 Å². The monoisotopic (exact) mass is 485 g/mol. The Kier molecular flexibility index (Phi) is 6.96. The van der Waals surface area contributed by atoms with Gasteiger partial charge < -0.3 is 14.5 Å². The summed E-state index contributed by atoms with van der Waals surface area (Å²) in [5.41, 5.74) is -1.33. The normalized spacial score (nSPS) is 19.9. The number of hydrogen-bond donors (Lipinski definition) is 1. The second-order valence-electron chi connectivity index (χ2n) is 7.87. The Balaban J connectivity index is 1.59.